The zero-order valence-corrected chi connectivity index (χ0v) is 13.0. The van der Waals surface area contributed by atoms with Gasteiger partial charge in [0.25, 0.3) is 5.92 Å². The summed E-state index contributed by atoms with van der Waals surface area (Å²) in [4.78, 5) is 12.0. The van der Waals surface area contributed by atoms with Crippen LogP contribution >= 0.6 is 0 Å². The van der Waals surface area contributed by atoms with Gasteiger partial charge >= 0.3 is 0 Å². The molecule has 2 fully saturated rings. The van der Waals surface area contributed by atoms with Crippen molar-refractivity contribution in [1.29, 1.82) is 0 Å². The van der Waals surface area contributed by atoms with Crippen LogP contribution in [0.3, 0.4) is 0 Å². The van der Waals surface area contributed by atoms with Crippen molar-refractivity contribution in [2.75, 3.05) is 19.7 Å². The number of ether oxygens (including phenoxy) is 1. The van der Waals surface area contributed by atoms with Crippen LogP contribution in [0.1, 0.15) is 40.0 Å². The summed E-state index contributed by atoms with van der Waals surface area (Å²) in [5.74, 6) is -2.86. The lowest BCUT2D eigenvalue weighted by atomic mass is 9.78. The standard InChI is InChI=1S/C15H26F2N2O2/c1-14(2,3)12-10(5-4-6-21-12)8-18-13(20)11-7-15(16,17)9-19-11/h10-12,19H,4-9H2,1-3H3,(H,18,20). The number of nitrogens with one attached hydrogen (secondary N) is 2. The lowest BCUT2D eigenvalue weighted by molar-refractivity contribution is -0.125. The summed E-state index contributed by atoms with van der Waals surface area (Å²) >= 11 is 0. The number of halogens is 2. The molecule has 0 spiro atoms. The Bertz CT molecular complexity index is 382. The number of hydrogen-bond donors (Lipinski definition) is 2. The van der Waals surface area contributed by atoms with Crippen LogP contribution in [0, 0.1) is 11.3 Å². The number of amides is 1. The van der Waals surface area contributed by atoms with E-state index in [1.54, 1.807) is 0 Å². The maximum absolute atomic E-state index is 13.1. The predicted molar refractivity (Wildman–Crippen MR) is 76.3 cm³/mol. The molecule has 122 valence electrons. The van der Waals surface area contributed by atoms with E-state index in [-0.39, 0.29) is 23.3 Å². The van der Waals surface area contributed by atoms with E-state index in [9.17, 15) is 13.6 Å². The first-order valence-electron chi connectivity index (χ1n) is 7.69. The molecule has 0 saturated carbocycles. The number of carbonyl (C=O) groups excluding carboxylic acids is 1. The molecule has 2 rings (SSSR count). The summed E-state index contributed by atoms with van der Waals surface area (Å²) < 4.78 is 32.1. The van der Waals surface area contributed by atoms with E-state index >= 15 is 0 Å². The molecular weight excluding hydrogens is 278 g/mol. The Hall–Kier alpha value is -0.750. The number of alkyl halides is 2. The van der Waals surface area contributed by atoms with Crippen molar-refractivity contribution < 1.29 is 18.3 Å². The normalized spacial score (nSPS) is 32.9. The molecule has 0 aromatic carbocycles. The number of rotatable bonds is 3. The average Bonchev–Trinajstić information content (AvgIpc) is 2.76. The van der Waals surface area contributed by atoms with Crippen LogP contribution in [0.4, 0.5) is 8.78 Å². The van der Waals surface area contributed by atoms with Gasteiger partial charge in [0.1, 0.15) is 0 Å². The fourth-order valence-electron chi connectivity index (χ4n) is 3.27. The van der Waals surface area contributed by atoms with Crippen LogP contribution in [0.15, 0.2) is 0 Å². The Morgan fingerprint density at radius 1 is 1.43 bits per heavy atom. The van der Waals surface area contributed by atoms with Crippen molar-refractivity contribution in [2.45, 2.75) is 58.1 Å². The van der Waals surface area contributed by atoms with Crippen molar-refractivity contribution >= 4 is 5.91 Å². The Morgan fingerprint density at radius 2 is 2.14 bits per heavy atom. The highest BCUT2D eigenvalue weighted by molar-refractivity contribution is 5.82. The highest BCUT2D eigenvalue weighted by Crippen LogP contribution is 2.33. The molecular formula is C15H26F2N2O2. The summed E-state index contributed by atoms with van der Waals surface area (Å²) in [6.45, 7) is 7.19. The lowest BCUT2D eigenvalue weighted by Gasteiger charge is -2.40. The molecule has 2 aliphatic rings. The number of carbonyl (C=O) groups is 1. The molecule has 3 atom stereocenters. The van der Waals surface area contributed by atoms with Gasteiger partial charge in [0.05, 0.1) is 18.7 Å². The topological polar surface area (TPSA) is 50.4 Å². The molecule has 0 aliphatic carbocycles. The van der Waals surface area contributed by atoms with E-state index in [4.69, 9.17) is 4.74 Å². The molecule has 2 N–H and O–H groups in total. The van der Waals surface area contributed by atoms with Gasteiger partial charge in [-0.2, -0.15) is 0 Å². The van der Waals surface area contributed by atoms with Crippen LogP contribution in [-0.4, -0.2) is 43.7 Å². The highest BCUT2D eigenvalue weighted by Gasteiger charge is 2.42. The van der Waals surface area contributed by atoms with Gasteiger partial charge in [-0.15, -0.1) is 0 Å². The minimum Gasteiger partial charge on any atom is -0.377 e. The summed E-state index contributed by atoms with van der Waals surface area (Å²) in [6, 6.07) is -0.780. The second kappa shape index (κ2) is 6.16. The zero-order valence-electron chi connectivity index (χ0n) is 13.0. The molecule has 0 aromatic heterocycles. The average molecular weight is 304 g/mol. The third-order valence-corrected chi connectivity index (χ3v) is 4.26. The van der Waals surface area contributed by atoms with Crippen molar-refractivity contribution in [2.24, 2.45) is 11.3 Å². The van der Waals surface area contributed by atoms with E-state index in [0.717, 1.165) is 19.4 Å². The molecule has 0 bridgehead atoms. The minimum atomic E-state index is -2.77. The molecule has 2 aliphatic heterocycles. The van der Waals surface area contributed by atoms with Crippen molar-refractivity contribution in [3.8, 4) is 0 Å². The van der Waals surface area contributed by atoms with Crippen LogP contribution in [-0.2, 0) is 9.53 Å². The lowest BCUT2D eigenvalue weighted by Crippen LogP contribution is -2.48. The van der Waals surface area contributed by atoms with E-state index in [1.165, 1.54) is 0 Å². The Labute approximate surface area is 125 Å². The quantitative estimate of drug-likeness (QED) is 0.838. The van der Waals surface area contributed by atoms with Crippen LogP contribution in [0.5, 0.6) is 0 Å². The van der Waals surface area contributed by atoms with Crippen molar-refractivity contribution in [3.05, 3.63) is 0 Å². The zero-order chi connectivity index (χ0) is 15.7. The first kappa shape index (κ1) is 16.6. The summed E-state index contributed by atoms with van der Waals surface area (Å²) in [6.07, 6.45) is 1.65. The molecule has 6 heteroatoms. The first-order chi connectivity index (χ1) is 9.69. The highest BCUT2D eigenvalue weighted by atomic mass is 19.3. The fourth-order valence-corrected chi connectivity index (χ4v) is 3.27. The second-order valence-corrected chi connectivity index (χ2v) is 7.30. The van der Waals surface area contributed by atoms with Crippen molar-refractivity contribution in [1.82, 2.24) is 10.6 Å². The van der Waals surface area contributed by atoms with Crippen molar-refractivity contribution in [3.63, 3.8) is 0 Å². The van der Waals surface area contributed by atoms with Gasteiger partial charge in [0.2, 0.25) is 5.91 Å². The summed E-state index contributed by atoms with van der Waals surface area (Å²) in [7, 11) is 0. The Morgan fingerprint density at radius 3 is 2.71 bits per heavy atom. The van der Waals surface area contributed by atoms with Gasteiger partial charge in [-0.05, 0) is 18.3 Å². The summed E-state index contributed by atoms with van der Waals surface area (Å²) in [5, 5.41) is 5.40. The Kier molecular flexibility index (Phi) is 4.88. The maximum atomic E-state index is 13.1. The molecule has 2 heterocycles. The third-order valence-electron chi connectivity index (χ3n) is 4.26. The fraction of sp³-hybridized carbons (Fsp3) is 0.933. The number of hydrogen-bond acceptors (Lipinski definition) is 3. The maximum Gasteiger partial charge on any atom is 0.262 e. The largest absolute Gasteiger partial charge is 0.377 e. The van der Waals surface area contributed by atoms with Gasteiger partial charge in [-0.25, -0.2) is 8.78 Å². The van der Waals surface area contributed by atoms with Gasteiger partial charge in [-0.3, -0.25) is 10.1 Å². The van der Waals surface area contributed by atoms with Gasteiger partial charge in [0, 0.05) is 25.5 Å². The molecule has 0 aromatic rings. The molecule has 4 nitrogen and oxygen atoms in total. The summed E-state index contributed by atoms with van der Waals surface area (Å²) in [5.41, 5.74) is 0.00839. The molecule has 1 amide bonds. The molecule has 0 radical (unpaired) electrons. The minimum absolute atomic E-state index is 0.00839. The van der Waals surface area contributed by atoms with Gasteiger partial charge in [-0.1, -0.05) is 20.8 Å². The molecule has 3 unspecified atom stereocenters. The smallest absolute Gasteiger partial charge is 0.262 e. The van der Waals surface area contributed by atoms with E-state index in [2.05, 4.69) is 31.4 Å². The predicted octanol–water partition coefficient (Wildman–Crippen LogP) is 1.94. The van der Waals surface area contributed by atoms with Crippen LogP contribution in [0.25, 0.3) is 0 Å². The third kappa shape index (κ3) is 4.36. The monoisotopic (exact) mass is 304 g/mol. The van der Waals surface area contributed by atoms with Crippen LogP contribution in [0.2, 0.25) is 0 Å². The van der Waals surface area contributed by atoms with E-state index < -0.39 is 24.9 Å². The molecule has 2 saturated heterocycles. The Balaban J connectivity index is 1.85. The first-order valence-corrected chi connectivity index (χ1v) is 7.69. The van der Waals surface area contributed by atoms with Crippen LogP contribution < -0.4 is 10.6 Å². The van der Waals surface area contributed by atoms with Gasteiger partial charge in [0.15, 0.2) is 0 Å². The van der Waals surface area contributed by atoms with E-state index in [0.29, 0.717) is 6.54 Å². The SMILES string of the molecule is CC(C)(C)C1OCCCC1CNC(=O)C1CC(F)(F)CN1. The second-order valence-electron chi connectivity index (χ2n) is 7.30. The van der Waals surface area contributed by atoms with Gasteiger partial charge < -0.3 is 10.1 Å². The molecule has 21 heavy (non-hydrogen) atoms. The van der Waals surface area contributed by atoms with E-state index in [1.807, 2.05) is 0 Å².